The molecule has 0 aliphatic carbocycles. The van der Waals surface area contributed by atoms with Crippen LogP contribution in [0, 0.1) is 0 Å². The maximum Gasteiger partial charge on any atom is 0.416 e. The molecule has 52 heavy (non-hydrogen) atoms. The van der Waals surface area contributed by atoms with E-state index in [0.717, 1.165) is 23.7 Å². The topological polar surface area (TPSA) is 151 Å². The third-order valence-corrected chi connectivity index (χ3v) is 11.2. The van der Waals surface area contributed by atoms with Gasteiger partial charge in [-0.1, -0.05) is 6.07 Å². The first-order valence-electron chi connectivity index (χ1n) is 17.1. The van der Waals surface area contributed by atoms with Gasteiger partial charge in [0, 0.05) is 96.6 Å². The molecule has 1 atom stereocenters. The fourth-order valence-corrected chi connectivity index (χ4v) is 8.02. The molecule has 0 bridgehead atoms. The molecule has 2 aliphatic rings. The van der Waals surface area contributed by atoms with Crippen molar-refractivity contribution in [2.24, 2.45) is 7.05 Å². The number of pyridine rings is 1. The first-order chi connectivity index (χ1) is 24.4. The number of hydrogen-bond donors (Lipinski definition) is 2. The molecule has 2 aliphatic heterocycles. The highest BCUT2D eigenvalue weighted by molar-refractivity contribution is 7.88. The SMILES string of the molecule is CC(=O)NCc1cc(-c2nn(CC(O)CN3CCC(n4c(=O)n(C)c5ccc(N(C)C)nc54)CC3)c3c2CN(S(C)(=O)=O)CC3)ccc1C(F)(F)F. The summed E-state index contributed by atoms with van der Waals surface area (Å²) in [5, 5.41) is 18.5. The number of hydrogen-bond acceptors (Lipinski definition) is 9. The van der Waals surface area contributed by atoms with E-state index in [2.05, 4.69) is 10.2 Å². The zero-order valence-corrected chi connectivity index (χ0v) is 30.6. The average Bonchev–Trinajstić information content (AvgIpc) is 3.56. The number of nitrogens with zero attached hydrogens (tertiary/aromatic N) is 8. The average molecular weight is 748 g/mol. The van der Waals surface area contributed by atoms with E-state index in [-0.39, 0.29) is 43.5 Å². The standard InChI is InChI=1S/C34H44F3N9O5S/c1-21(47)38-17-23-16-22(6-7-27(23)34(35,36)37)31-26-20-44(52(5,50)51)15-12-28(26)45(40-31)19-25(48)18-43-13-10-24(11-14-43)46-32-29(42(4)33(46)49)8-9-30(39-32)41(2)3/h6-9,16,24-25,48H,10-15,17-20H2,1-5H3,(H,38,47). The zero-order chi connectivity index (χ0) is 37.7. The van der Waals surface area contributed by atoms with Crippen molar-refractivity contribution >= 4 is 32.9 Å². The number of aromatic nitrogens is 5. The number of carbonyl (C=O) groups is 1. The molecule has 2 N–H and O–H groups in total. The van der Waals surface area contributed by atoms with Crippen molar-refractivity contribution in [2.75, 3.05) is 51.4 Å². The third kappa shape index (κ3) is 7.60. The third-order valence-electron chi connectivity index (χ3n) is 9.94. The number of alkyl halides is 3. The number of rotatable bonds is 10. The maximum absolute atomic E-state index is 13.9. The molecule has 1 aromatic carbocycles. The highest BCUT2D eigenvalue weighted by Crippen LogP contribution is 2.37. The van der Waals surface area contributed by atoms with E-state index in [1.165, 1.54) is 23.4 Å². The van der Waals surface area contributed by atoms with Gasteiger partial charge in [-0.25, -0.2) is 18.2 Å². The lowest BCUT2D eigenvalue weighted by atomic mass is 9.97. The Labute approximate surface area is 299 Å². The van der Waals surface area contributed by atoms with Gasteiger partial charge in [0.1, 0.15) is 5.82 Å². The van der Waals surface area contributed by atoms with Crippen LogP contribution in [-0.4, -0.2) is 105 Å². The van der Waals surface area contributed by atoms with Gasteiger partial charge in [0.2, 0.25) is 15.9 Å². The molecule has 18 heteroatoms. The summed E-state index contributed by atoms with van der Waals surface area (Å²) in [6.45, 7) is 2.70. The number of piperidine rings is 1. The quantitative estimate of drug-likeness (QED) is 0.249. The van der Waals surface area contributed by atoms with Crippen LogP contribution in [0.25, 0.3) is 22.4 Å². The van der Waals surface area contributed by atoms with Crippen molar-refractivity contribution in [1.82, 2.24) is 38.4 Å². The molecule has 0 saturated carbocycles. The highest BCUT2D eigenvalue weighted by atomic mass is 32.2. The predicted octanol–water partition coefficient (Wildman–Crippen LogP) is 2.34. The van der Waals surface area contributed by atoms with Gasteiger partial charge < -0.3 is 20.2 Å². The Morgan fingerprint density at radius 2 is 1.83 bits per heavy atom. The largest absolute Gasteiger partial charge is 0.416 e. The molecule has 0 spiro atoms. The fourth-order valence-electron chi connectivity index (χ4n) is 7.23. The van der Waals surface area contributed by atoms with Crippen LogP contribution in [0.15, 0.2) is 35.1 Å². The summed E-state index contributed by atoms with van der Waals surface area (Å²) in [6.07, 6.45) is -2.76. The van der Waals surface area contributed by atoms with Crippen molar-refractivity contribution in [2.45, 2.75) is 64.1 Å². The van der Waals surface area contributed by atoms with Gasteiger partial charge in [0.05, 0.1) is 35.7 Å². The van der Waals surface area contributed by atoms with Gasteiger partial charge in [0.15, 0.2) is 5.65 Å². The summed E-state index contributed by atoms with van der Waals surface area (Å²) in [7, 11) is 1.95. The lowest BCUT2D eigenvalue weighted by Gasteiger charge is -2.33. The second kappa shape index (κ2) is 14.3. The summed E-state index contributed by atoms with van der Waals surface area (Å²) in [5.74, 6) is 0.268. The van der Waals surface area contributed by atoms with Crippen LogP contribution in [-0.2, 0) is 54.1 Å². The van der Waals surface area contributed by atoms with E-state index in [0.29, 0.717) is 67.1 Å². The van der Waals surface area contributed by atoms with E-state index >= 15 is 0 Å². The predicted molar refractivity (Wildman–Crippen MR) is 189 cm³/mol. The Bertz CT molecular complexity index is 2150. The minimum Gasteiger partial charge on any atom is -0.390 e. The van der Waals surface area contributed by atoms with Crippen molar-refractivity contribution in [3.8, 4) is 11.3 Å². The number of aryl methyl sites for hydroxylation is 1. The molecule has 4 aromatic rings. The molecule has 0 radical (unpaired) electrons. The van der Waals surface area contributed by atoms with Crippen LogP contribution in [0.4, 0.5) is 19.0 Å². The molecule has 1 fully saturated rings. The first-order valence-corrected chi connectivity index (χ1v) is 18.9. The van der Waals surface area contributed by atoms with E-state index in [4.69, 9.17) is 10.1 Å². The van der Waals surface area contributed by atoms with Crippen LogP contribution < -0.4 is 15.9 Å². The lowest BCUT2D eigenvalue weighted by Crippen LogP contribution is -2.42. The van der Waals surface area contributed by atoms with E-state index in [1.54, 1.807) is 20.9 Å². The number of aliphatic hydroxyl groups excluding tert-OH is 1. The Balaban J connectivity index is 1.22. The second-order valence-corrected chi connectivity index (χ2v) is 15.9. The molecule has 14 nitrogen and oxygen atoms in total. The molecule has 1 unspecified atom stereocenters. The lowest BCUT2D eigenvalue weighted by molar-refractivity contribution is -0.138. The summed E-state index contributed by atoms with van der Waals surface area (Å²) >= 11 is 0. The fraction of sp³-hybridized carbons (Fsp3) is 0.529. The molecular weight excluding hydrogens is 703 g/mol. The molecule has 5 heterocycles. The number of fused-ring (bicyclic) bond motifs is 2. The number of imidazole rings is 1. The van der Waals surface area contributed by atoms with Crippen molar-refractivity contribution < 1.29 is 31.5 Å². The number of aliphatic hydroxyl groups is 1. The molecule has 1 saturated heterocycles. The van der Waals surface area contributed by atoms with Gasteiger partial charge in [-0.15, -0.1) is 0 Å². The monoisotopic (exact) mass is 747 g/mol. The minimum atomic E-state index is -4.66. The molecule has 3 aromatic heterocycles. The number of benzene rings is 1. The van der Waals surface area contributed by atoms with Gasteiger partial charge in [-0.2, -0.15) is 22.6 Å². The number of β-amino-alcohol motifs (C(OH)–C–C–N with tert-alkyl or cyclic N) is 1. The Hall–Kier alpha value is -4.26. The molecule has 1 amide bonds. The van der Waals surface area contributed by atoms with Gasteiger partial charge in [-0.3, -0.25) is 18.6 Å². The number of halogens is 3. The second-order valence-electron chi connectivity index (χ2n) is 13.9. The van der Waals surface area contributed by atoms with Crippen molar-refractivity contribution in [3.05, 3.63) is 63.2 Å². The van der Waals surface area contributed by atoms with E-state index in [9.17, 15) is 36.3 Å². The van der Waals surface area contributed by atoms with Crippen LogP contribution in [0.2, 0.25) is 0 Å². The van der Waals surface area contributed by atoms with Crippen molar-refractivity contribution in [3.63, 3.8) is 0 Å². The highest BCUT2D eigenvalue weighted by Gasteiger charge is 2.35. The number of carbonyl (C=O) groups excluding carboxylic acids is 1. The van der Waals surface area contributed by atoms with Gasteiger partial charge in [-0.05, 0) is 42.7 Å². The number of amides is 1. The van der Waals surface area contributed by atoms with Crippen molar-refractivity contribution in [1.29, 1.82) is 0 Å². The van der Waals surface area contributed by atoms with Crippen LogP contribution in [0.1, 0.15) is 48.2 Å². The van der Waals surface area contributed by atoms with Crippen LogP contribution in [0.5, 0.6) is 0 Å². The molecule has 282 valence electrons. The van der Waals surface area contributed by atoms with E-state index in [1.807, 2.05) is 31.1 Å². The summed E-state index contributed by atoms with van der Waals surface area (Å²) in [5.41, 5.74) is 2.15. The smallest absolute Gasteiger partial charge is 0.390 e. The number of anilines is 1. The molecular formula is C34H44F3N9O5S. The summed E-state index contributed by atoms with van der Waals surface area (Å²) in [4.78, 5) is 33.6. The minimum absolute atomic E-state index is 0.0202. The Morgan fingerprint density at radius 3 is 2.46 bits per heavy atom. The van der Waals surface area contributed by atoms with Crippen LogP contribution in [0.3, 0.4) is 0 Å². The number of nitrogens with one attached hydrogen (secondary N) is 1. The zero-order valence-electron chi connectivity index (χ0n) is 29.8. The summed E-state index contributed by atoms with van der Waals surface area (Å²) in [6, 6.07) is 7.28. The number of sulfonamides is 1. The van der Waals surface area contributed by atoms with Gasteiger partial charge >= 0.3 is 11.9 Å². The molecule has 6 rings (SSSR count). The number of likely N-dealkylation sites (tertiary alicyclic amines) is 1. The Morgan fingerprint density at radius 1 is 1.12 bits per heavy atom. The Kier molecular flexibility index (Phi) is 10.3. The normalized spacial score (nSPS) is 17.0. The van der Waals surface area contributed by atoms with Crippen LogP contribution >= 0.6 is 0 Å². The first kappa shape index (κ1) is 37.5. The summed E-state index contributed by atoms with van der Waals surface area (Å²) < 4.78 is 73.0. The van der Waals surface area contributed by atoms with E-state index < -0.39 is 33.8 Å². The maximum atomic E-state index is 13.9. The van der Waals surface area contributed by atoms with Gasteiger partial charge in [0.25, 0.3) is 0 Å².